The number of hydrogen-bond acceptors (Lipinski definition) is 0. The summed E-state index contributed by atoms with van der Waals surface area (Å²) in [6, 6.07) is 0. The van der Waals surface area contributed by atoms with Gasteiger partial charge in [0.25, 0.3) is 0 Å². The van der Waals surface area contributed by atoms with Crippen molar-refractivity contribution >= 4 is 49.6 Å². The third-order valence-electron chi connectivity index (χ3n) is 0.867. The Morgan fingerprint density at radius 1 is 1.18 bits per heavy atom. The van der Waals surface area contributed by atoms with Gasteiger partial charge in [0.2, 0.25) is 0 Å². The van der Waals surface area contributed by atoms with Gasteiger partial charge >= 0.3 is 0 Å². The molecule has 0 aromatic rings. The molecule has 1 aliphatic rings. The van der Waals surface area contributed by atoms with E-state index in [2.05, 4.69) is 25.2 Å². The van der Waals surface area contributed by atoms with Gasteiger partial charge in [-0.3, -0.25) is 6.08 Å². The van der Waals surface area contributed by atoms with E-state index in [4.69, 9.17) is 0 Å². The summed E-state index contributed by atoms with van der Waals surface area (Å²) in [6.07, 6.45) is 8.33. The van der Waals surface area contributed by atoms with Crippen molar-refractivity contribution in [3.8, 4) is 0 Å². The maximum Gasteiger partial charge on any atom is 0 e. The molecule has 70 valence electrons. The summed E-state index contributed by atoms with van der Waals surface area (Å²) in [4.78, 5) is 0. The molecule has 1 aliphatic carbocycles. The third-order valence-corrected chi connectivity index (χ3v) is 0.867. The van der Waals surface area contributed by atoms with Crippen LogP contribution in [0.3, 0.4) is 0 Å². The van der Waals surface area contributed by atoms with E-state index in [-0.39, 0.29) is 70.7 Å². The van der Waals surface area contributed by atoms with Gasteiger partial charge in [-0.05, 0) is 0 Å². The molecule has 0 saturated carbocycles. The van der Waals surface area contributed by atoms with Crippen LogP contribution in [-0.4, -0.2) is 0 Å². The molecule has 0 bridgehead atoms. The van der Waals surface area contributed by atoms with E-state index in [0.717, 1.165) is 6.42 Å². The van der Waals surface area contributed by atoms with Crippen LogP contribution in [0.25, 0.3) is 0 Å². The van der Waals surface area contributed by atoms with Crippen LogP contribution >= 0.6 is 49.6 Å². The van der Waals surface area contributed by atoms with E-state index in [0.29, 0.717) is 0 Å². The molecule has 0 unspecified atom stereocenters. The fourth-order valence-corrected chi connectivity index (χ4v) is 0.515. The summed E-state index contributed by atoms with van der Waals surface area (Å²) in [5.74, 6) is 0. The summed E-state index contributed by atoms with van der Waals surface area (Å²) in [5, 5.41) is 0. The fraction of sp³-hybridized carbons (Fsp3) is 0.333. The van der Waals surface area contributed by atoms with E-state index < -0.39 is 0 Å². The number of allylic oxidation sites excluding steroid dienone is 4. The second kappa shape index (κ2) is 17.4. The van der Waals surface area contributed by atoms with Crippen molar-refractivity contribution in [3.05, 3.63) is 23.8 Å². The van der Waals surface area contributed by atoms with Crippen LogP contribution in [-0.2, 0) is 21.1 Å². The Balaban J connectivity index is -0.0000000240. The molecular formula is C6H11Cl4W-. The summed E-state index contributed by atoms with van der Waals surface area (Å²) < 4.78 is 0. The molecule has 1 rings (SSSR count). The van der Waals surface area contributed by atoms with Crippen LogP contribution in [0, 0.1) is 6.08 Å². The van der Waals surface area contributed by atoms with E-state index >= 15 is 0 Å². The Kier molecular flexibility index (Phi) is 46.7. The van der Waals surface area contributed by atoms with Gasteiger partial charge in [0.05, 0.1) is 0 Å². The van der Waals surface area contributed by atoms with Gasteiger partial charge in [0.15, 0.2) is 0 Å². The number of halogens is 4. The normalized spacial score (nSPS) is 10.1. The molecule has 0 heterocycles. The number of rotatable bonds is 0. The monoisotopic (exact) mass is 407 g/mol. The second-order valence-corrected chi connectivity index (χ2v) is 1.47. The quantitative estimate of drug-likeness (QED) is 0.539. The van der Waals surface area contributed by atoms with Crippen molar-refractivity contribution in [1.29, 1.82) is 0 Å². The van der Waals surface area contributed by atoms with Gasteiger partial charge in [-0.2, -0.15) is 6.08 Å². The van der Waals surface area contributed by atoms with Crippen molar-refractivity contribution in [2.45, 2.75) is 13.3 Å². The van der Waals surface area contributed by atoms with Crippen LogP contribution in [0.4, 0.5) is 0 Å². The van der Waals surface area contributed by atoms with Gasteiger partial charge in [0, 0.05) is 21.1 Å². The molecule has 0 N–H and O–H groups in total. The summed E-state index contributed by atoms with van der Waals surface area (Å²) in [5.41, 5.74) is 1.27. The summed E-state index contributed by atoms with van der Waals surface area (Å²) in [6.45, 7) is 2.06. The van der Waals surface area contributed by atoms with Crippen molar-refractivity contribution in [3.63, 3.8) is 0 Å². The van der Waals surface area contributed by atoms with Gasteiger partial charge < -0.3 is 0 Å². The Morgan fingerprint density at radius 3 is 1.73 bits per heavy atom. The Hall–Kier alpha value is 1.33. The molecule has 0 fully saturated rings. The van der Waals surface area contributed by atoms with Crippen molar-refractivity contribution in [2.24, 2.45) is 0 Å². The first-order chi connectivity index (χ1) is 2.89. The molecule has 0 atom stereocenters. The van der Waals surface area contributed by atoms with Crippen LogP contribution in [0.5, 0.6) is 0 Å². The van der Waals surface area contributed by atoms with E-state index in [1.165, 1.54) is 5.57 Å². The van der Waals surface area contributed by atoms with Crippen LogP contribution < -0.4 is 0 Å². The zero-order valence-corrected chi connectivity index (χ0v) is 12.1. The zero-order valence-electron chi connectivity index (χ0n) is 5.90. The average Bonchev–Trinajstić information content (AvgIpc) is 1.86. The largest absolute Gasteiger partial charge is 0.270 e. The Labute approximate surface area is 107 Å². The molecule has 0 saturated heterocycles. The average molecular weight is 409 g/mol. The summed E-state index contributed by atoms with van der Waals surface area (Å²) >= 11 is 0. The van der Waals surface area contributed by atoms with Crippen molar-refractivity contribution < 1.29 is 21.1 Å². The molecule has 5 heteroatoms. The standard InChI is InChI=1S/C6H7.4ClH.W/c1-6-4-2-3-5-6;;;;;/h2,4H,3H2,1H3;4*1H;/q-1;;;;;. The Bertz CT molecular complexity index is 108. The minimum Gasteiger partial charge on any atom is -0.270 e. The van der Waals surface area contributed by atoms with Crippen molar-refractivity contribution in [2.75, 3.05) is 0 Å². The minimum absolute atomic E-state index is 0. The third kappa shape index (κ3) is 14.2. The predicted molar refractivity (Wildman–Crippen MR) is 55.2 cm³/mol. The van der Waals surface area contributed by atoms with E-state index in [1.807, 2.05) is 0 Å². The number of hydrogen-bond donors (Lipinski definition) is 0. The molecular weight excluding hydrogens is 398 g/mol. The molecule has 0 amide bonds. The van der Waals surface area contributed by atoms with Gasteiger partial charge in [-0.25, -0.2) is 11.6 Å². The first-order valence-corrected chi connectivity index (χ1v) is 2.13. The molecule has 0 aromatic heterocycles. The maximum absolute atomic E-state index is 3.12. The van der Waals surface area contributed by atoms with Gasteiger partial charge in [-0.1, -0.05) is 6.92 Å². The van der Waals surface area contributed by atoms with Crippen molar-refractivity contribution in [1.82, 2.24) is 0 Å². The SMILES string of the molecule is CC1=[C-]CC=C1.Cl.Cl.Cl.Cl.[W]. The van der Waals surface area contributed by atoms with Gasteiger partial charge in [0.1, 0.15) is 0 Å². The molecule has 0 nitrogen and oxygen atoms in total. The molecule has 0 aliphatic heterocycles. The molecule has 11 heavy (non-hydrogen) atoms. The molecule has 0 spiro atoms. The first kappa shape index (κ1) is 29.5. The van der Waals surface area contributed by atoms with Crippen LogP contribution in [0.15, 0.2) is 17.7 Å². The fourth-order valence-electron chi connectivity index (χ4n) is 0.515. The predicted octanol–water partition coefficient (Wildman–Crippen LogP) is 3.38. The van der Waals surface area contributed by atoms with E-state index in [9.17, 15) is 0 Å². The summed E-state index contributed by atoms with van der Waals surface area (Å²) in [7, 11) is 0. The first-order valence-electron chi connectivity index (χ1n) is 2.13. The molecule has 0 radical (unpaired) electrons. The maximum atomic E-state index is 3.12. The minimum atomic E-state index is 0. The molecule has 0 aromatic carbocycles. The second-order valence-electron chi connectivity index (χ2n) is 1.47. The van der Waals surface area contributed by atoms with Crippen LogP contribution in [0.2, 0.25) is 0 Å². The van der Waals surface area contributed by atoms with E-state index in [1.54, 1.807) is 0 Å². The van der Waals surface area contributed by atoms with Crippen LogP contribution in [0.1, 0.15) is 13.3 Å². The Morgan fingerprint density at radius 2 is 1.64 bits per heavy atom. The zero-order chi connectivity index (χ0) is 4.41. The van der Waals surface area contributed by atoms with Gasteiger partial charge in [-0.15, -0.1) is 56.0 Å². The smallest absolute Gasteiger partial charge is 0 e. The topological polar surface area (TPSA) is 0 Å².